The molecule has 0 bridgehead atoms. The van der Waals surface area contributed by atoms with E-state index in [4.69, 9.17) is 0 Å². The zero-order chi connectivity index (χ0) is 26.3. The molecule has 4 rings (SSSR count). The Hall–Kier alpha value is -3.93. The summed E-state index contributed by atoms with van der Waals surface area (Å²) in [7, 11) is 0. The molecular formula is C30H33N3O3. The lowest BCUT2D eigenvalue weighted by molar-refractivity contribution is -0.121. The van der Waals surface area contributed by atoms with Crippen LogP contribution in [0.2, 0.25) is 0 Å². The van der Waals surface area contributed by atoms with Crippen molar-refractivity contribution in [1.82, 2.24) is 9.99 Å². The van der Waals surface area contributed by atoms with E-state index < -0.39 is 0 Å². The molecule has 0 saturated carbocycles. The fourth-order valence-electron chi connectivity index (χ4n) is 4.48. The molecule has 1 amide bonds. The molecule has 0 saturated heterocycles. The van der Waals surface area contributed by atoms with Gasteiger partial charge in [0.25, 0.3) is 5.91 Å². The Labute approximate surface area is 211 Å². The first-order valence-corrected chi connectivity index (χ1v) is 12.1. The van der Waals surface area contributed by atoms with E-state index in [9.17, 15) is 14.7 Å². The highest BCUT2D eigenvalue weighted by Crippen LogP contribution is 2.39. The Morgan fingerprint density at radius 2 is 1.36 bits per heavy atom. The number of fused-ring (bicyclic) bond motifs is 2. The summed E-state index contributed by atoms with van der Waals surface area (Å²) < 4.78 is 1.84. The van der Waals surface area contributed by atoms with Gasteiger partial charge in [-0.2, -0.15) is 5.10 Å². The largest absolute Gasteiger partial charge is 0.507 e. The van der Waals surface area contributed by atoms with E-state index in [0.717, 1.165) is 16.7 Å². The third-order valence-electron chi connectivity index (χ3n) is 6.33. The minimum Gasteiger partial charge on any atom is -0.507 e. The first kappa shape index (κ1) is 25.2. The van der Waals surface area contributed by atoms with Crippen molar-refractivity contribution in [2.75, 3.05) is 0 Å². The molecule has 36 heavy (non-hydrogen) atoms. The Bertz CT molecular complexity index is 1460. The van der Waals surface area contributed by atoms with Gasteiger partial charge in [0.2, 0.25) is 0 Å². The Balaban J connectivity index is 1.65. The monoisotopic (exact) mass is 483 g/mol. The Morgan fingerprint density at radius 1 is 0.889 bits per heavy atom. The summed E-state index contributed by atoms with van der Waals surface area (Å²) >= 11 is 0. The van der Waals surface area contributed by atoms with Gasteiger partial charge in [0.05, 0.1) is 17.2 Å². The molecule has 0 aliphatic heterocycles. The molecule has 6 heteroatoms. The second-order valence-electron chi connectivity index (χ2n) is 11.2. The summed E-state index contributed by atoms with van der Waals surface area (Å²) in [5.74, 6) is -0.00997. The topological polar surface area (TPSA) is 83.7 Å². The van der Waals surface area contributed by atoms with Crippen LogP contribution in [0.15, 0.2) is 70.6 Å². The number of phenols is 1. The molecule has 4 aromatic rings. The summed E-state index contributed by atoms with van der Waals surface area (Å²) in [5, 5.41) is 16.3. The summed E-state index contributed by atoms with van der Waals surface area (Å²) in [6, 6.07) is 18.4. The smallest absolute Gasteiger partial charge is 0.260 e. The van der Waals surface area contributed by atoms with E-state index in [1.807, 2.05) is 53.1 Å². The molecule has 0 atom stereocenters. The molecular weight excluding hydrogens is 450 g/mol. The third kappa shape index (κ3) is 4.89. The molecule has 186 valence electrons. The second kappa shape index (κ2) is 9.26. The first-order valence-electron chi connectivity index (χ1n) is 12.1. The van der Waals surface area contributed by atoms with Crippen LogP contribution in [0.4, 0.5) is 0 Å². The fourth-order valence-corrected chi connectivity index (χ4v) is 4.48. The van der Waals surface area contributed by atoms with Crippen molar-refractivity contribution in [2.45, 2.75) is 58.9 Å². The molecule has 1 heterocycles. The number of carbonyl (C=O) groups excluding carboxylic acids is 1. The van der Waals surface area contributed by atoms with Gasteiger partial charge in [0, 0.05) is 21.9 Å². The lowest BCUT2D eigenvalue weighted by Gasteiger charge is -2.27. The van der Waals surface area contributed by atoms with Crippen LogP contribution in [-0.2, 0) is 22.2 Å². The number of nitrogens with zero attached hydrogens (tertiary/aromatic N) is 2. The van der Waals surface area contributed by atoms with E-state index in [2.05, 4.69) is 52.1 Å². The van der Waals surface area contributed by atoms with Crippen LogP contribution < -0.4 is 10.9 Å². The summed E-state index contributed by atoms with van der Waals surface area (Å²) in [6.07, 6.45) is 1.60. The number of hydrazone groups is 1. The third-order valence-corrected chi connectivity index (χ3v) is 6.33. The van der Waals surface area contributed by atoms with Gasteiger partial charge in [0.1, 0.15) is 12.3 Å². The van der Waals surface area contributed by atoms with Crippen LogP contribution in [-0.4, -0.2) is 21.8 Å². The van der Waals surface area contributed by atoms with Gasteiger partial charge in [-0.1, -0.05) is 65.8 Å². The number of hydrogen-bond donors (Lipinski definition) is 2. The number of hydrogen-bond acceptors (Lipinski definition) is 4. The van der Waals surface area contributed by atoms with Crippen molar-refractivity contribution in [3.05, 3.63) is 87.6 Å². The highest BCUT2D eigenvalue weighted by molar-refractivity contribution is 5.95. The normalized spacial score (nSPS) is 12.5. The zero-order valence-corrected chi connectivity index (χ0v) is 21.7. The number of nitrogens with one attached hydrogen (secondary N) is 1. The van der Waals surface area contributed by atoms with Crippen molar-refractivity contribution in [2.24, 2.45) is 5.10 Å². The quantitative estimate of drug-likeness (QED) is 0.225. The minimum atomic E-state index is -0.309. The molecule has 3 aromatic carbocycles. The Morgan fingerprint density at radius 3 is 1.83 bits per heavy atom. The van der Waals surface area contributed by atoms with Crippen LogP contribution in [0.5, 0.6) is 5.75 Å². The molecule has 0 unspecified atom stereocenters. The van der Waals surface area contributed by atoms with Gasteiger partial charge < -0.3 is 9.67 Å². The van der Waals surface area contributed by atoms with Crippen molar-refractivity contribution >= 4 is 33.9 Å². The number of aromatic hydroxyl groups is 1. The zero-order valence-electron chi connectivity index (χ0n) is 21.7. The molecule has 1 aromatic heterocycles. The number of aromatic nitrogens is 1. The average Bonchev–Trinajstić information content (AvgIpc) is 2.81. The van der Waals surface area contributed by atoms with E-state index in [-0.39, 0.29) is 28.7 Å². The summed E-state index contributed by atoms with van der Waals surface area (Å²) in [4.78, 5) is 25.8. The minimum absolute atomic E-state index is 0.00864. The first-order chi connectivity index (χ1) is 16.9. The van der Waals surface area contributed by atoms with Crippen LogP contribution >= 0.6 is 0 Å². The van der Waals surface area contributed by atoms with Crippen LogP contribution in [0.3, 0.4) is 0 Å². The predicted molar refractivity (Wildman–Crippen MR) is 147 cm³/mol. The fraction of sp³-hybridized carbons (Fsp3) is 0.300. The van der Waals surface area contributed by atoms with Crippen molar-refractivity contribution in [3.63, 3.8) is 0 Å². The van der Waals surface area contributed by atoms with Crippen molar-refractivity contribution in [1.29, 1.82) is 0 Å². The number of phenolic OH excluding ortho intramolecular Hbond substituents is 1. The Kier molecular flexibility index (Phi) is 6.48. The SMILES string of the molecule is CC(C)(C)c1cc(/C=N\NC(=O)Cn2c3ccccc3c(=O)c3ccccc32)cc(C(C)(C)C)c1O. The van der Waals surface area contributed by atoms with Gasteiger partial charge >= 0.3 is 0 Å². The lowest BCUT2D eigenvalue weighted by atomic mass is 9.78. The van der Waals surface area contributed by atoms with Gasteiger partial charge in [-0.05, 0) is 52.8 Å². The maximum atomic E-state index is 12.9. The van der Waals surface area contributed by atoms with Crippen LogP contribution in [0, 0.1) is 0 Å². The van der Waals surface area contributed by atoms with E-state index in [1.165, 1.54) is 0 Å². The van der Waals surface area contributed by atoms with E-state index in [0.29, 0.717) is 27.6 Å². The molecule has 0 aliphatic carbocycles. The number of para-hydroxylation sites is 2. The van der Waals surface area contributed by atoms with Gasteiger partial charge in [-0.3, -0.25) is 9.59 Å². The predicted octanol–water partition coefficient (Wildman–Crippen LogP) is 5.61. The number of pyridine rings is 1. The maximum absolute atomic E-state index is 12.9. The van der Waals surface area contributed by atoms with Gasteiger partial charge in [0.15, 0.2) is 5.43 Å². The van der Waals surface area contributed by atoms with Gasteiger partial charge in [-0.25, -0.2) is 5.43 Å². The highest BCUT2D eigenvalue weighted by Gasteiger charge is 2.26. The highest BCUT2D eigenvalue weighted by atomic mass is 16.3. The van der Waals surface area contributed by atoms with Crippen molar-refractivity contribution in [3.8, 4) is 5.75 Å². The van der Waals surface area contributed by atoms with Gasteiger partial charge in [-0.15, -0.1) is 0 Å². The number of benzene rings is 3. The maximum Gasteiger partial charge on any atom is 0.260 e. The molecule has 6 nitrogen and oxygen atoms in total. The number of rotatable bonds is 4. The second-order valence-corrected chi connectivity index (χ2v) is 11.2. The number of amides is 1. The van der Waals surface area contributed by atoms with E-state index >= 15 is 0 Å². The molecule has 0 aliphatic rings. The van der Waals surface area contributed by atoms with Crippen LogP contribution in [0.25, 0.3) is 21.8 Å². The molecule has 2 N–H and O–H groups in total. The standard InChI is InChI=1S/C30H33N3O3/c1-29(2,3)22-15-19(16-23(28(22)36)30(4,5)6)17-31-32-26(34)18-33-24-13-9-7-11-20(24)27(35)21-12-8-10-14-25(21)33/h7-17,36H,18H2,1-6H3,(H,32,34)/b31-17-. The lowest BCUT2D eigenvalue weighted by Crippen LogP contribution is -2.25. The molecule has 0 spiro atoms. The summed E-state index contributed by atoms with van der Waals surface area (Å²) in [5.41, 5.74) is 5.90. The van der Waals surface area contributed by atoms with Crippen LogP contribution in [0.1, 0.15) is 58.2 Å². The van der Waals surface area contributed by atoms with E-state index in [1.54, 1.807) is 18.3 Å². The summed E-state index contributed by atoms with van der Waals surface area (Å²) in [6.45, 7) is 12.3. The average molecular weight is 484 g/mol. The molecule has 0 fully saturated rings. The number of carbonyl (C=O) groups is 1. The molecule has 0 radical (unpaired) electrons. The van der Waals surface area contributed by atoms with Crippen molar-refractivity contribution < 1.29 is 9.90 Å².